The van der Waals surface area contributed by atoms with E-state index in [4.69, 9.17) is 4.98 Å². The summed E-state index contributed by atoms with van der Waals surface area (Å²) in [7, 11) is 0. The molecule has 0 N–H and O–H groups in total. The number of anilines is 4. The van der Waals surface area contributed by atoms with E-state index in [9.17, 15) is 0 Å². The van der Waals surface area contributed by atoms with Gasteiger partial charge in [-0.25, -0.2) is 0 Å². The van der Waals surface area contributed by atoms with Crippen molar-refractivity contribution in [3.63, 3.8) is 0 Å². The van der Waals surface area contributed by atoms with Crippen LogP contribution in [0.2, 0.25) is 0 Å². The summed E-state index contributed by atoms with van der Waals surface area (Å²) in [6.07, 6.45) is 0. The Morgan fingerprint density at radius 3 is 1.42 bits per heavy atom. The van der Waals surface area contributed by atoms with Crippen molar-refractivity contribution in [3.05, 3.63) is 183 Å². The van der Waals surface area contributed by atoms with Gasteiger partial charge in [0.05, 0.1) is 11.0 Å². The summed E-state index contributed by atoms with van der Waals surface area (Å²) in [6, 6.07) is 61.5. The van der Waals surface area contributed by atoms with Gasteiger partial charge >= 0.3 is 0 Å². The number of hydrogen-bond donors (Lipinski definition) is 0. The molecule has 1 aliphatic heterocycles. The Morgan fingerprint density at radius 1 is 0.375 bits per heavy atom. The SMILES string of the molecule is [Au].c1ccc(N2[CH-]N(c3ccccc3)c3ccccc32)cc1.c1ccc2c(c1)[n-]c1ccc(-n3c4ccccc4c4ccccc43)cc12. The molecule has 235 valence electrons. The molecular formula is C43H30AuN4-2. The van der Waals surface area contributed by atoms with Crippen LogP contribution in [0.25, 0.3) is 49.3 Å². The predicted octanol–water partition coefficient (Wildman–Crippen LogP) is 11.1. The van der Waals surface area contributed by atoms with Crippen LogP contribution in [0.3, 0.4) is 0 Å². The van der Waals surface area contributed by atoms with Crippen molar-refractivity contribution in [1.29, 1.82) is 0 Å². The largest absolute Gasteiger partial charge is 0.657 e. The smallest absolute Gasteiger partial charge is 0.0541 e. The molecule has 10 rings (SSSR count). The van der Waals surface area contributed by atoms with Crippen LogP contribution in [0, 0.1) is 6.67 Å². The Balaban J connectivity index is 0.000000140. The van der Waals surface area contributed by atoms with Crippen molar-refractivity contribution >= 4 is 66.4 Å². The van der Waals surface area contributed by atoms with Crippen molar-refractivity contribution in [3.8, 4) is 5.69 Å². The minimum absolute atomic E-state index is 0. The van der Waals surface area contributed by atoms with E-state index in [1.807, 2.05) is 18.2 Å². The molecule has 0 amide bonds. The number of hydrogen-bond acceptors (Lipinski definition) is 2. The summed E-state index contributed by atoms with van der Waals surface area (Å²) in [5.74, 6) is 0. The third-order valence-corrected chi connectivity index (χ3v) is 8.95. The van der Waals surface area contributed by atoms with Gasteiger partial charge in [0, 0.05) is 61.6 Å². The van der Waals surface area contributed by atoms with Gasteiger partial charge in [-0.15, -0.1) is 17.7 Å². The Hall–Kier alpha value is -5.52. The van der Waals surface area contributed by atoms with Crippen LogP contribution >= 0.6 is 0 Å². The summed E-state index contributed by atoms with van der Waals surface area (Å²) >= 11 is 0. The van der Waals surface area contributed by atoms with Crippen LogP contribution in [-0.4, -0.2) is 4.57 Å². The number of aromatic nitrogens is 2. The molecule has 0 unspecified atom stereocenters. The summed E-state index contributed by atoms with van der Waals surface area (Å²) in [5.41, 5.74) is 10.5. The molecule has 2 aromatic heterocycles. The second kappa shape index (κ2) is 12.6. The standard InChI is InChI=1S/C24H15N2.C19H15N2.Au/c1-4-10-21-17(7-1)20-15-16(13-14-22(20)25-21)26-23-11-5-2-8-18(23)19-9-3-6-12-24(19)26;1-3-9-16(10-4-1)20-15-21(17-11-5-2-6-12-17)19-14-8-7-13-18(19)20;/h1-15H;1-15H;/q2*-1;. The minimum atomic E-state index is 0. The average molecular weight is 800 g/mol. The van der Waals surface area contributed by atoms with Crippen molar-refractivity contribution in [1.82, 2.24) is 9.55 Å². The van der Waals surface area contributed by atoms with Gasteiger partial charge in [-0.05, 0) is 71.4 Å². The molecule has 1 radical (unpaired) electrons. The third-order valence-electron chi connectivity index (χ3n) is 8.95. The molecule has 0 spiro atoms. The van der Waals surface area contributed by atoms with Gasteiger partial charge in [-0.2, -0.15) is 0 Å². The zero-order valence-electron chi connectivity index (χ0n) is 25.9. The van der Waals surface area contributed by atoms with Gasteiger partial charge in [0.2, 0.25) is 0 Å². The van der Waals surface area contributed by atoms with E-state index in [1.165, 1.54) is 61.0 Å². The van der Waals surface area contributed by atoms with Crippen LogP contribution in [0.5, 0.6) is 0 Å². The normalized spacial score (nSPS) is 12.2. The molecule has 4 nitrogen and oxygen atoms in total. The summed E-state index contributed by atoms with van der Waals surface area (Å²) in [6.45, 7) is 2.15. The number of rotatable bonds is 3. The average Bonchev–Trinajstić information content (AvgIpc) is 3.82. The molecule has 5 heteroatoms. The molecule has 0 fully saturated rings. The van der Waals surface area contributed by atoms with Gasteiger partial charge in [-0.1, -0.05) is 115 Å². The fourth-order valence-corrected chi connectivity index (χ4v) is 6.81. The first-order chi connectivity index (χ1) is 23.3. The maximum Gasteiger partial charge on any atom is 0.0541 e. The van der Waals surface area contributed by atoms with E-state index in [0.717, 1.165) is 11.0 Å². The topological polar surface area (TPSA) is 25.5 Å². The monoisotopic (exact) mass is 799 g/mol. The molecule has 0 saturated carbocycles. The van der Waals surface area contributed by atoms with Crippen LogP contribution in [0.15, 0.2) is 176 Å². The minimum Gasteiger partial charge on any atom is -0.657 e. The van der Waals surface area contributed by atoms with Crippen LogP contribution in [0.1, 0.15) is 0 Å². The summed E-state index contributed by atoms with van der Waals surface area (Å²) in [4.78, 5) is 9.20. The quantitative estimate of drug-likeness (QED) is 0.131. The molecule has 9 aromatic rings. The first-order valence-corrected chi connectivity index (χ1v) is 15.9. The van der Waals surface area contributed by atoms with Crippen molar-refractivity contribution in [2.45, 2.75) is 0 Å². The predicted molar refractivity (Wildman–Crippen MR) is 197 cm³/mol. The Bertz CT molecular complexity index is 2400. The maximum atomic E-state index is 4.75. The van der Waals surface area contributed by atoms with Crippen LogP contribution in [-0.2, 0) is 22.4 Å². The first kappa shape index (κ1) is 29.9. The molecule has 7 aromatic carbocycles. The van der Waals surface area contributed by atoms with Gasteiger partial charge in [0.25, 0.3) is 0 Å². The van der Waals surface area contributed by atoms with E-state index in [1.54, 1.807) is 0 Å². The number of nitrogens with zero attached hydrogens (tertiary/aromatic N) is 4. The van der Waals surface area contributed by atoms with Crippen molar-refractivity contribution < 1.29 is 22.4 Å². The number of para-hydroxylation sites is 7. The van der Waals surface area contributed by atoms with Crippen molar-refractivity contribution in [2.75, 3.05) is 9.80 Å². The fourth-order valence-electron chi connectivity index (χ4n) is 6.81. The molecular weight excluding hydrogens is 769 g/mol. The molecule has 0 saturated heterocycles. The number of benzene rings is 7. The zero-order valence-corrected chi connectivity index (χ0v) is 28.1. The second-order valence-electron chi connectivity index (χ2n) is 11.7. The van der Waals surface area contributed by atoms with Gasteiger partial charge in [0.1, 0.15) is 0 Å². The number of fused-ring (bicyclic) bond motifs is 7. The Labute approximate surface area is 295 Å². The molecule has 0 bridgehead atoms. The van der Waals surface area contributed by atoms with Crippen molar-refractivity contribution in [2.24, 2.45) is 0 Å². The van der Waals surface area contributed by atoms with E-state index < -0.39 is 0 Å². The van der Waals surface area contributed by atoms with Crippen LogP contribution in [0.4, 0.5) is 22.7 Å². The second-order valence-corrected chi connectivity index (χ2v) is 11.7. The first-order valence-electron chi connectivity index (χ1n) is 15.9. The molecule has 0 atom stereocenters. The van der Waals surface area contributed by atoms with E-state index >= 15 is 0 Å². The fraction of sp³-hybridized carbons (Fsp3) is 0. The Morgan fingerprint density at radius 2 is 0.833 bits per heavy atom. The molecule has 1 aliphatic rings. The van der Waals surface area contributed by atoms with E-state index in [0.29, 0.717) is 0 Å². The van der Waals surface area contributed by atoms with Gasteiger partial charge in [0.15, 0.2) is 0 Å². The summed E-state index contributed by atoms with van der Waals surface area (Å²) < 4.78 is 2.35. The zero-order chi connectivity index (χ0) is 31.2. The van der Waals surface area contributed by atoms with E-state index in [-0.39, 0.29) is 22.4 Å². The third kappa shape index (κ3) is 5.08. The van der Waals surface area contributed by atoms with E-state index in [2.05, 4.69) is 179 Å². The summed E-state index contributed by atoms with van der Waals surface area (Å²) in [5, 5.41) is 4.99. The molecule has 48 heavy (non-hydrogen) atoms. The maximum absolute atomic E-state index is 4.75. The molecule has 0 aliphatic carbocycles. The Kier molecular flexibility index (Phi) is 7.83. The van der Waals surface area contributed by atoms with Crippen LogP contribution < -0.4 is 14.8 Å². The van der Waals surface area contributed by atoms with Gasteiger partial charge in [-0.3, -0.25) is 0 Å². The van der Waals surface area contributed by atoms with Gasteiger partial charge < -0.3 is 19.4 Å². The molecule has 3 heterocycles.